The average molecular weight is 253 g/mol. The van der Waals surface area contributed by atoms with Gasteiger partial charge in [0.1, 0.15) is 11.3 Å². The molecule has 0 amide bonds. The van der Waals surface area contributed by atoms with Crippen molar-refractivity contribution < 1.29 is 14.6 Å². The predicted molar refractivity (Wildman–Crippen MR) is 64.0 cm³/mol. The summed E-state index contributed by atoms with van der Waals surface area (Å²) in [6.45, 7) is 0. The SMILES string of the molecule is O=C(O)c1cc(Cl)cc2c1O[C@@H]1CCC[C@H]2C1. The van der Waals surface area contributed by atoms with Gasteiger partial charge in [0.05, 0.1) is 6.10 Å². The Morgan fingerprint density at radius 1 is 1.41 bits per heavy atom. The van der Waals surface area contributed by atoms with Crippen molar-refractivity contribution in [2.75, 3.05) is 0 Å². The Morgan fingerprint density at radius 2 is 2.24 bits per heavy atom. The van der Waals surface area contributed by atoms with Gasteiger partial charge in [-0.05, 0) is 49.3 Å². The molecule has 2 aliphatic rings. The molecule has 17 heavy (non-hydrogen) atoms. The average Bonchev–Trinajstić information content (AvgIpc) is 2.30. The van der Waals surface area contributed by atoms with Crippen molar-refractivity contribution in [2.45, 2.75) is 37.7 Å². The first kappa shape index (κ1) is 10.9. The molecule has 0 saturated heterocycles. The van der Waals surface area contributed by atoms with E-state index in [-0.39, 0.29) is 11.7 Å². The van der Waals surface area contributed by atoms with Gasteiger partial charge in [0.15, 0.2) is 0 Å². The van der Waals surface area contributed by atoms with Gasteiger partial charge < -0.3 is 9.84 Å². The number of rotatable bonds is 1. The van der Waals surface area contributed by atoms with E-state index < -0.39 is 5.97 Å². The molecule has 1 aromatic rings. The predicted octanol–water partition coefficient (Wildman–Crippen LogP) is 3.46. The van der Waals surface area contributed by atoms with Crippen molar-refractivity contribution in [2.24, 2.45) is 0 Å². The van der Waals surface area contributed by atoms with Crippen molar-refractivity contribution in [1.29, 1.82) is 0 Å². The second-order valence-corrected chi connectivity index (χ2v) is 5.22. The van der Waals surface area contributed by atoms with Crippen molar-refractivity contribution >= 4 is 17.6 Å². The fraction of sp³-hybridized carbons (Fsp3) is 0.462. The van der Waals surface area contributed by atoms with Crippen molar-refractivity contribution in [3.63, 3.8) is 0 Å². The molecular formula is C13H13ClO3. The van der Waals surface area contributed by atoms with Crippen LogP contribution in [0.1, 0.15) is 47.5 Å². The topological polar surface area (TPSA) is 46.5 Å². The number of hydrogen-bond acceptors (Lipinski definition) is 2. The van der Waals surface area contributed by atoms with E-state index in [0.717, 1.165) is 31.2 Å². The lowest BCUT2D eigenvalue weighted by molar-refractivity contribution is 0.0676. The van der Waals surface area contributed by atoms with Gasteiger partial charge in [-0.15, -0.1) is 0 Å². The van der Waals surface area contributed by atoms with E-state index in [1.54, 1.807) is 0 Å². The molecule has 2 atom stereocenters. The molecular weight excluding hydrogens is 240 g/mol. The highest BCUT2D eigenvalue weighted by Gasteiger charge is 2.34. The van der Waals surface area contributed by atoms with Crippen LogP contribution >= 0.6 is 11.6 Å². The fourth-order valence-electron chi connectivity index (χ4n) is 2.91. The summed E-state index contributed by atoms with van der Waals surface area (Å²) in [5.41, 5.74) is 1.18. The van der Waals surface area contributed by atoms with Crippen molar-refractivity contribution in [3.05, 3.63) is 28.3 Å². The number of carboxylic acids is 1. The Labute approximate surface area is 104 Å². The Balaban J connectivity index is 2.16. The van der Waals surface area contributed by atoms with Crippen LogP contribution in [0.15, 0.2) is 12.1 Å². The molecule has 1 heterocycles. The Kier molecular flexibility index (Phi) is 2.51. The number of benzene rings is 1. The lowest BCUT2D eigenvalue weighted by Gasteiger charge is -2.37. The monoisotopic (exact) mass is 252 g/mol. The zero-order valence-electron chi connectivity index (χ0n) is 9.28. The third-order valence-corrected chi connectivity index (χ3v) is 3.88. The van der Waals surface area contributed by atoms with Crippen LogP contribution in [-0.2, 0) is 0 Å². The van der Waals surface area contributed by atoms with Gasteiger partial charge in [-0.25, -0.2) is 4.79 Å². The first-order chi connectivity index (χ1) is 8.15. The summed E-state index contributed by atoms with van der Waals surface area (Å²) in [5.74, 6) is -0.0131. The second kappa shape index (κ2) is 3.91. The number of carbonyl (C=O) groups is 1. The molecule has 0 radical (unpaired) electrons. The van der Waals surface area contributed by atoms with E-state index in [1.807, 2.05) is 6.07 Å². The molecule has 90 valence electrons. The Bertz CT molecular complexity index is 484. The number of carboxylic acid groups (broad SMARTS) is 1. The summed E-state index contributed by atoms with van der Waals surface area (Å²) < 4.78 is 5.81. The molecule has 2 bridgehead atoms. The number of hydrogen-bond donors (Lipinski definition) is 1. The summed E-state index contributed by atoms with van der Waals surface area (Å²) in [6, 6.07) is 3.33. The highest BCUT2D eigenvalue weighted by atomic mass is 35.5. The van der Waals surface area contributed by atoms with E-state index in [4.69, 9.17) is 16.3 Å². The van der Waals surface area contributed by atoms with E-state index in [0.29, 0.717) is 16.7 Å². The van der Waals surface area contributed by atoms with Crippen LogP contribution in [0, 0.1) is 0 Å². The molecule has 1 saturated carbocycles. The molecule has 1 N–H and O–H groups in total. The molecule has 0 spiro atoms. The van der Waals surface area contributed by atoms with Gasteiger partial charge in [0.2, 0.25) is 0 Å². The summed E-state index contributed by atoms with van der Waals surface area (Å²) in [4.78, 5) is 11.2. The maximum atomic E-state index is 11.2. The quantitative estimate of drug-likeness (QED) is 0.833. The summed E-state index contributed by atoms with van der Waals surface area (Å²) >= 11 is 5.98. The van der Waals surface area contributed by atoms with Crippen LogP contribution < -0.4 is 4.74 Å². The Hall–Kier alpha value is -1.22. The lowest BCUT2D eigenvalue weighted by Crippen LogP contribution is -2.30. The van der Waals surface area contributed by atoms with Crippen molar-refractivity contribution in [3.8, 4) is 5.75 Å². The molecule has 1 aromatic carbocycles. The summed E-state index contributed by atoms with van der Waals surface area (Å²) in [7, 11) is 0. The van der Waals surface area contributed by atoms with Gasteiger partial charge >= 0.3 is 5.97 Å². The molecule has 0 unspecified atom stereocenters. The number of halogens is 1. The number of fused-ring (bicyclic) bond motifs is 4. The summed E-state index contributed by atoms with van der Waals surface area (Å²) in [6.07, 6.45) is 4.44. The van der Waals surface area contributed by atoms with E-state index >= 15 is 0 Å². The number of ether oxygens (including phenoxy) is 1. The van der Waals surface area contributed by atoms with Crippen LogP contribution in [0.3, 0.4) is 0 Å². The van der Waals surface area contributed by atoms with E-state index in [9.17, 15) is 9.90 Å². The van der Waals surface area contributed by atoms with Gasteiger partial charge in [0.25, 0.3) is 0 Å². The standard InChI is InChI=1S/C13H13ClO3/c14-8-5-10-7-2-1-3-9(4-7)17-12(10)11(6-8)13(15)16/h5-7,9H,1-4H2,(H,15,16)/t7-,9+/m0/s1. The van der Waals surface area contributed by atoms with Gasteiger partial charge in [-0.2, -0.15) is 0 Å². The van der Waals surface area contributed by atoms with Crippen LogP contribution in [-0.4, -0.2) is 17.2 Å². The van der Waals surface area contributed by atoms with E-state index in [1.165, 1.54) is 6.07 Å². The molecule has 4 heteroatoms. The highest BCUT2D eigenvalue weighted by molar-refractivity contribution is 6.31. The first-order valence-electron chi connectivity index (χ1n) is 5.88. The van der Waals surface area contributed by atoms with Crippen LogP contribution in [0.5, 0.6) is 5.75 Å². The normalized spacial score (nSPS) is 25.9. The zero-order valence-corrected chi connectivity index (χ0v) is 10.0. The maximum Gasteiger partial charge on any atom is 0.339 e. The summed E-state index contributed by atoms with van der Waals surface area (Å²) in [5, 5.41) is 9.67. The van der Waals surface area contributed by atoms with Gasteiger partial charge in [-0.1, -0.05) is 11.6 Å². The molecule has 0 aromatic heterocycles. The van der Waals surface area contributed by atoms with Crippen LogP contribution in [0.2, 0.25) is 5.02 Å². The van der Waals surface area contributed by atoms with Crippen molar-refractivity contribution in [1.82, 2.24) is 0 Å². The Morgan fingerprint density at radius 3 is 3.00 bits per heavy atom. The molecule has 1 aliphatic heterocycles. The zero-order chi connectivity index (χ0) is 12.0. The molecule has 1 fully saturated rings. The minimum absolute atomic E-state index is 0.181. The molecule has 1 aliphatic carbocycles. The molecule has 3 rings (SSSR count). The fourth-order valence-corrected chi connectivity index (χ4v) is 3.14. The highest BCUT2D eigenvalue weighted by Crippen LogP contribution is 2.46. The first-order valence-corrected chi connectivity index (χ1v) is 6.26. The largest absolute Gasteiger partial charge is 0.489 e. The third-order valence-electron chi connectivity index (χ3n) is 3.66. The smallest absolute Gasteiger partial charge is 0.339 e. The van der Waals surface area contributed by atoms with Crippen LogP contribution in [0.4, 0.5) is 0 Å². The van der Waals surface area contributed by atoms with Gasteiger partial charge in [-0.3, -0.25) is 0 Å². The second-order valence-electron chi connectivity index (χ2n) is 4.78. The lowest BCUT2D eigenvalue weighted by atomic mass is 9.79. The number of aromatic carboxylic acids is 1. The molecule has 3 nitrogen and oxygen atoms in total. The van der Waals surface area contributed by atoms with Crippen LogP contribution in [0.25, 0.3) is 0 Å². The van der Waals surface area contributed by atoms with Gasteiger partial charge in [0, 0.05) is 5.02 Å². The third kappa shape index (κ3) is 1.78. The minimum atomic E-state index is -0.969. The minimum Gasteiger partial charge on any atom is -0.489 e. The maximum absolute atomic E-state index is 11.2. The van der Waals surface area contributed by atoms with E-state index in [2.05, 4.69) is 0 Å².